The highest BCUT2D eigenvalue weighted by Gasteiger charge is 2.03. The number of hydrogen-bond acceptors (Lipinski definition) is 3. The molecule has 0 radical (unpaired) electrons. The Labute approximate surface area is 106 Å². The van der Waals surface area contributed by atoms with Gasteiger partial charge in [0.05, 0.1) is 5.69 Å². The molecule has 0 aliphatic rings. The molecule has 1 N–H and O–H groups in total. The van der Waals surface area contributed by atoms with Crippen molar-refractivity contribution in [2.75, 3.05) is 5.32 Å². The summed E-state index contributed by atoms with van der Waals surface area (Å²) < 4.78 is 13.0. The fourth-order valence-electron chi connectivity index (χ4n) is 1.83. The fourth-order valence-corrected chi connectivity index (χ4v) is 1.83. The van der Waals surface area contributed by atoms with E-state index >= 15 is 0 Å². The van der Waals surface area contributed by atoms with Crippen LogP contribution in [0.25, 0.3) is 0 Å². The topological polar surface area (TPSA) is 37.8 Å². The summed E-state index contributed by atoms with van der Waals surface area (Å²) in [7, 11) is 0. The molecule has 0 amide bonds. The van der Waals surface area contributed by atoms with Gasteiger partial charge in [0, 0.05) is 6.54 Å². The molecule has 1 aromatic carbocycles. The minimum absolute atomic E-state index is 0.206. The zero-order valence-electron chi connectivity index (χ0n) is 10.8. The number of anilines is 1. The van der Waals surface area contributed by atoms with Gasteiger partial charge in [0.25, 0.3) is 0 Å². The summed E-state index contributed by atoms with van der Waals surface area (Å²) in [5.41, 5.74) is 3.94. The first-order valence-corrected chi connectivity index (χ1v) is 5.86. The first-order chi connectivity index (χ1) is 8.56. The van der Waals surface area contributed by atoms with E-state index in [0.717, 1.165) is 28.2 Å². The number of rotatable bonds is 3. The number of nitrogens with zero attached hydrogens (tertiary/aromatic N) is 2. The predicted molar refractivity (Wildman–Crippen MR) is 70.0 cm³/mol. The summed E-state index contributed by atoms with van der Waals surface area (Å²) in [6.07, 6.45) is 0. The van der Waals surface area contributed by atoms with Gasteiger partial charge in [0.1, 0.15) is 5.82 Å². The highest BCUT2D eigenvalue weighted by molar-refractivity contribution is 5.43. The first kappa shape index (κ1) is 12.5. The number of hydrogen-bond donors (Lipinski definition) is 1. The molecule has 1 aromatic heterocycles. The Morgan fingerprint density at radius 3 is 2.50 bits per heavy atom. The lowest BCUT2D eigenvalue weighted by molar-refractivity contribution is 0.625. The Bertz CT molecular complexity index is 515. The third kappa shape index (κ3) is 2.83. The lowest BCUT2D eigenvalue weighted by Gasteiger charge is -2.10. The van der Waals surface area contributed by atoms with E-state index in [9.17, 15) is 4.39 Å². The second kappa shape index (κ2) is 5.12. The summed E-state index contributed by atoms with van der Waals surface area (Å²) in [6, 6.07) is 6.77. The molecule has 0 atom stereocenters. The van der Waals surface area contributed by atoms with E-state index in [2.05, 4.69) is 15.5 Å². The average Bonchev–Trinajstić information content (AvgIpc) is 2.30. The van der Waals surface area contributed by atoms with Crippen LogP contribution in [0, 0.1) is 26.6 Å². The molecule has 2 aromatic rings. The molecular weight excluding hydrogens is 229 g/mol. The minimum Gasteiger partial charge on any atom is -0.364 e. The first-order valence-electron chi connectivity index (χ1n) is 5.86. The third-order valence-electron chi connectivity index (χ3n) is 2.86. The monoisotopic (exact) mass is 245 g/mol. The maximum atomic E-state index is 13.0. The predicted octanol–water partition coefficient (Wildman–Crippen LogP) is 3.15. The van der Waals surface area contributed by atoms with Gasteiger partial charge in [-0.05, 0) is 55.7 Å². The molecule has 2 rings (SSSR count). The van der Waals surface area contributed by atoms with Crippen LogP contribution in [0.5, 0.6) is 0 Å². The number of aryl methyl sites for hydroxylation is 3. The van der Waals surface area contributed by atoms with E-state index < -0.39 is 0 Å². The van der Waals surface area contributed by atoms with Crippen molar-refractivity contribution in [3.05, 3.63) is 52.5 Å². The molecule has 0 unspecified atom stereocenters. The van der Waals surface area contributed by atoms with E-state index in [1.807, 2.05) is 26.8 Å². The molecule has 0 saturated carbocycles. The maximum absolute atomic E-state index is 13.0. The number of benzene rings is 1. The van der Waals surface area contributed by atoms with E-state index in [1.54, 1.807) is 6.07 Å². The number of nitrogens with one attached hydrogen (secondary N) is 1. The van der Waals surface area contributed by atoms with Crippen molar-refractivity contribution in [1.82, 2.24) is 10.2 Å². The van der Waals surface area contributed by atoms with Crippen LogP contribution in [0.3, 0.4) is 0 Å². The average molecular weight is 245 g/mol. The molecule has 0 aliphatic heterocycles. The molecule has 0 aliphatic carbocycles. The van der Waals surface area contributed by atoms with Gasteiger partial charge in [-0.3, -0.25) is 0 Å². The lowest BCUT2D eigenvalue weighted by atomic mass is 10.1. The van der Waals surface area contributed by atoms with Gasteiger partial charge < -0.3 is 5.32 Å². The van der Waals surface area contributed by atoms with Crippen molar-refractivity contribution in [2.24, 2.45) is 0 Å². The Balaban J connectivity index is 2.11. The van der Waals surface area contributed by atoms with Crippen LogP contribution in [0.15, 0.2) is 24.3 Å². The van der Waals surface area contributed by atoms with Crippen LogP contribution in [0.1, 0.15) is 22.4 Å². The minimum atomic E-state index is -0.206. The van der Waals surface area contributed by atoms with Gasteiger partial charge in [0.2, 0.25) is 0 Å². The smallest absolute Gasteiger partial charge is 0.151 e. The van der Waals surface area contributed by atoms with Gasteiger partial charge in [-0.1, -0.05) is 6.07 Å². The highest BCUT2D eigenvalue weighted by Crippen LogP contribution is 2.14. The van der Waals surface area contributed by atoms with Gasteiger partial charge in [-0.25, -0.2) is 4.39 Å². The second-order valence-electron chi connectivity index (χ2n) is 4.44. The SMILES string of the molecule is Cc1cc(C)c(NCc2ccc(F)cc2C)nn1. The summed E-state index contributed by atoms with van der Waals surface area (Å²) in [6.45, 7) is 6.41. The van der Waals surface area contributed by atoms with Crippen molar-refractivity contribution in [3.8, 4) is 0 Å². The third-order valence-corrected chi connectivity index (χ3v) is 2.86. The molecule has 94 valence electrons. The summed E-state index contributed by atoms with van der Waals surface area (Å²) >= 11 is 0. The molecule has 18 heavy (non-hydrogen) atoms. The molecule has 0 bridgehead atoms. The van der Waals surface area contributed by atoms with Gasteiger partial charge in [0.15, 0.2) is 5.82 Å². The van der Waals surface area contributed by atoms with E-state index in [4.69, 9.17) is 0 Å². The summed E-state index contributed by atoms with van der Waals surface area (Å²) in [4.78, 5) is 0. The highest BCUT2D eigenvalue weighted by atomic mass is 19.1. The van der Waals surface area contributed by atoms with Crippen molar-refractivity contribution >= 4 is 5.82 Å². The Morgan fingerprint density at radius 2 is 1.83 bits per heavy atom. The molecule has 0 saturated heterocycles. The van der Waals surface area contributed by atoms with Gasteiger partial charge in [-0.15, -0.1) is 5.10 Å². The summed E-state index contributed by atoms with van der Waals surface area (Å²) in [5, 5.41) is 11.3. The lowest BCUT2D eigenvalue weighted by Crippen LogP contribution is -2.06. The van der Waals surface area contributed by atoms with Crippen molar-refractivity contribution in [3.63, 3.8) is 0 Å². The van der Waals surface area contributed by atoms with Crippen molar-refractivity contribution in [2.45, 2.75) is 27.3 Å². The van der Waals surface area contributed by atoms with Crippen LogP contribution in [-0.2, 0) is 6.54 Å². The standard InChI is InChI=1S/C14H16FN3/c1-9-7-13(15)5-4-12(9)8-16-14-10(2)6-11(3)17-18-14/h4-7H,8H2,1-3H3,(H,16,18). The van der Waals surface area contributed by atoms with E-state index in [1.165, 1.54) is 12.1 Å². The Hall–Kier alpha value is -1.97. The molecule has 0 fully saturated rings. The quantitative estimate of drug-likeness (QED) is 0.902. The van der Waals surface area contributed by atoms with Crippen molar-refractivity contribution < 1.29 is 4.39 Å². The second-order valence-corrected chi connectivity index (χ2v) is 4.44. The van der Waals surface area contributed by atoms with Crippen LogP contribution < -0.4 is 5.32 Å². The number of aromatic nitrogens is 2. The zero-order chi connectivity index (χ0) is 13.1. The van der Waals surface area contributed by atoms with Gasteiger partial charge in [-0.2, -0.15) is 5.10 Å². The van der Waals surface area contributed by atoms with Crippen molar-refractivity contribution in [1.29, 1.82) is 0 Å². The van der Waals surface area contributed by atoms with Crippen LogP contribution in [-0.4, -0.2) is 10.2 Å². The number of halogens is 1. The fraction of sp³-hybridized carbons (Fsp3) is 0.286. The Morgan fingerprint density at radius 1 is 1.06 bits per heavy atom. The van der Waals surface area contributed by atoms with E-state index in [0.29, 0.717) is 6.54 Å². The summed E-state index contributed by atoms with van der Waals surface area (Å²) in [5.74, 6) is 0.562. The molecule has 1 heterocycles. The molecular formula is C14H16FN3. The molecule has 3 nitrogen and oxygen atoms in total. The van der Waals surface area contributed by atoms with E-state index in [-0.39, 0.29) is 5.82 Å². The van der Waals surface area contributed by atoms with Gasteiger partial charge >= 0.3 is 0 Å². The normalized spacial score (nSPS) is 10.4. The Kier molecular flexibility index (Phi) is 3.55. The maximum Gasteiger partial charge on any atom is 0.151 e. The van der Waals surface area contributed by atoms with Crippen LogP contribution >= 0.6 is 0 Å². The molecule has 4 heteroatoms. The largest absolute Gasteiger partial charge is 0.364 e. The zero-order valence-corrected chi connectivity index (χ0v) is 10.8. The van der Waals surface area contributed by atoms with Crippen LogP contribution in [0.4, 0.5) is 10.2 Å². The van der Waals surface area contributed by atoms with Crippen LogP contribution in [0.2, 0.25) is 0 Å². The molecule has 0 spiro atoms.